The van der Waals surface area contributed by atoms with Crippen molar-refractivity contribution < 1.29 is 9.47 Å². The highest BCUT2D eigenvalue weighted by Gasteiger charge is 2.43. The molecule has 0 atom stereocenters. The number of nitrogens with zero attached hydrogens (tertiary/aromatic N) is 1. The topological polar surface area (TPSA) is 21.7 Å². The monoisotopic (exact) mass is 693 g/mol. The van der Waals surface area contributed by atoms with Gasteiger partial charge in [-0.3, -0.25) is 0 Å². The predicted molar refractivity (Wildman–Crippen MR) is 224 cm³/mol. The molecule has 2 aliphatic heterocycles. The molecule has 3 heterocycles. The lowest BCUT2D eigenvalue weighted by Gasteiger charge is -2.34. The number of hydrogen-bond acceptors (Lipinski definition) is 4. The summed E-state index contributed by atoms with van der Waals surface area (Å²) in [5.74, 6) is 3.57. The maximum absolute atomic E-state index is 7.15. The molecule has 0 spiro atoms. The Kier molecular flexibility index (Phi) is 6.02. The predicted octanol–water partition coefficient (Wildman–Crippen LogP) is 11.7. The summed E-state index contributed by atoms with van der Waals surface area (Å²) >= 11 is 1.81. The van der Waals surface area contributed by atoms with E-state index in [1.807, 2.05) is 11.3 Å². The highest BCUT2D eigenvalue weighted by Crippen LogP contribution is 2.51. The van der Waals surface area contributed by atoms with Crippen molar-refractivity contribution in [2.24, 2.45) is 0 Å². The van der Waals surface area contributed by atoms with Crippen LogP contribution < -0.4 is 30.8 Å². The Morgan fingerprint density at radius 3 is 1.62 bits per heavy atom. The smallest absolute Gasteiger partial charge is 0.262 e. The third-order valence-electron chi connectivity index (χ3n) is 11.1. The molecule has 0 aliphatic carbocycles. The molecule has 0 amide bonds. The van der Waals surface area contributed by atoms with E-state index in [1.165, 1.54) is 53.3 Å². The van der Waals surface area contributed by atoms with Gasteiger partial charge < -0.3 is 14.4 Å². The fourth-order valence-electron chi connectivity index (χ4n) is 8.93. The van der Waals surface area contributed by atoms with Crippen LogP contribution in [-0.2, 0) is 0 Å². The zero-order valence-electron chi connectivity index (χ0n) is 28.4. The number of benzene rings is 9. The molecule has 2 aliphatic rings. The Morgan fingerprint density at radius 1 is 0.434 bits per heavy atom. The van der Waals surface area contributed by atoms with Gasteiger partial charge in [0.25, 0.3) is 6.71 Å². The largest absolute Gasteiger partial charge is 0.458 e. The van der Waals surface area contributed by atoms with Gasteiger partial charge in [-0.25, -0.2) is 0 Å². The molecule has 0 radical (unpaired) electrons. The number of rotatable bonds is 3. The minimum atomic E-state index is -0.0572. The normalized spacial score (nSPS) is 12.8. The van der Waals surface area contributed by atoms with Crippen LogP contribution in [0.2, 0.25) is 0 Å². The molecule has 10 aromatic rings. The molecule has 12 rings (SSSR count). The summed E-state index contributed by atoms with van der Waals surface area (Å²) in [5, 5.41) is 9.60. The number of hydrogen-bond donors (Lipinski definition) is 0. The van der Waals surface area contributed by atoms with Crippen LogP contribution in [0.1, 0.15) is 0 Å². The number of thiophene rings is 1. The minimum Gasteiger partial charge on any atom is -0.458 e. The van der Waals surface area contributed by atoms with Crippen LogP contribution in [-0.4, -0.2) is 6.71 Å². The Morgan fingerprint density at radius 2 is 0.981 bits per heavy atom. The van der Waals surface area contributed by atoms with Gasteiger partial charge in [0, 0.05) is 37.7 Å². The van der Waals surface area contributed by atoms with Crippen molar-refractivity contribution in [2.75, 3.05) is 4.90 Å². The molecule has 0 N–H and O–H groups in total. The van der Waals surface area contributed by atoms with Crippen molar-refractivity contribution in [1.82, 2.24) is 0 Å². The van der Waals surface area contributed by atoms with E-state index in [0.29, 0.717) is 0 Å². The van der Waals surface area contributed by atoms with E-state index in [2.05, 4.69) is 175 Å². The van der Waals surface area contributed by atoms with Crippen LogP contribution in [0, 0.1) is 0 Å². The van der Waals surface area contributed by atoms with E-state index in [4.69, 9.17) is 9.47 Å². The molecule has 1 aromatic heterocycles. The summed E-state index contributed by atoms with van der Waals surface area (Å²) in [6.07, 6.45) is 0. The van der Waals surface area contributed by atoms with E-state index in [9.17, 15) is 0 Å². The standard InChI is InChI=1S/C48H28BNO2S/c1-3-15-31(16-4-1)50(32-17-5-2-6-18-32)38-28-42-43(36-22-12-11-21-35(36)38)37-27-41-46-47(48(37)53-42)52-40-26-24-30-14-8-10-20-34(30)45(40)49(46)44-33-19-9-7-13-29(33)23-25-39(44)51-41/h1-28H. The molecule has 0 saturated heterocycles. The average Bonchev–Trinajstić information content (AvgIpc) is 3.60. The molecule has 246 valence electrons. The summed E-state index contributed by atoms with van der Waals surface area (Å²) in [7, 11) is 0. The van der Waals surface area contributed by atoms with Crippen molar-refractivity contribution in [3.8, 4) is 23.0 Å². The summed E-state index contributed by atoms with van der Waals surface area (Å²) in [4.78, 5) is 2.37. The number of anilines is 3. The lowest BCUT2D eigenvalue weighted by Crippen LogP contribution is -2.57. The van der Waals surface area contributed by atoms with Gasteiger partial charge in [0.1, 0.15) is 23.0 Å². The molecule has 0 bridgehead atoms. The molecule has 5 heteroatoms. The fraction of sp³-hybridized carbons (Fsp3) is 0. The summed E-state index contributed by atoms with van der Waals surface area (Å²) < 4.78 is 16.5. The van der Waals surface area contributed by atoms with Crippen molar-refractivity contribution in [3.05, 3.63) is 170 Å². The zero-order chi connectivity index (χ0) is 34.6. The lowest BCUT2D eigenvalue weighted by atomic mass is 9.33. The Hall–Kier alpha value is -6.56. The van der Waals surface area contributed by atoms with Crippen LogP contribution in [0.15, 0.2) is 170 Å². The first-order valence-corrected chi connectivity index (χ1v) is 18.9. The third-order valence-corrected chi connectivity index (χ3v) is 12.3. The van der Waals surface area contributed by atoms with Crippen LogP contribution >= 0.6 is 11.3 Å². The minimum absolute atomic E-state index is 0.0572. The molecule has 53 heavy (non-hydrogen) atoms. The average molecular weight is 694 g/mol. The molecule has 0 fully saturated rings. The van der Waals surface area contributed by atoms with E-state index in [1.54, 1.807) is 0 Å². The van der Waals surface area contributed by atoms with Gasteiger partial charge in [0.15, 0.2) is 0 Å². The highest BCUT2D eigenvalue weighted by molar-refractivity contribution is 7.26. The number of ether oxygens (including phenoxy) is 2. The van der Waals surface area contributed by atoms with Crippen molar-refractivity contribution in [3.63, 3.8) is 0 Å². The van der Waals surface area contributed by atoms with Gasteiger partial charge >= 0.3 is 0 Å². The van der Waals surface area contributed by atoms with Gasteiger partial charge in [-0.05, 0) is 86.4 Å². The van der Waals surface area contributed by atoms with E-state index >= 15 is 0 Å². The van der Waals surface area contributed by atoms with Crippen molar-refractivity contribution in [1.29, 1.82) is 0 Å². The third kappa shape index (κ3) is 4.11. The Labute approximate surface area is 310 Å². The summed E-state index contributed by atoms with van der Waals surface area (Å²) in [6.45, 7) is -0.0572. The molecule has 0 unspecified atom stereocenters. The van der Waals surface area contributed by atoms with E-state index < -0.39 is 0 Å². The molecular formula is C48H28BNO2S. The van der Waals surface area contributed by atoms with Crippen LogP contribution in [0.4, 0.5) is 17.1 Å². The lowest BCUT2D eigenvalue weighted by molar-refractivity contribution is 0.470. The zero-order valence-corrected chi connectivity index (χ0v) is 29.2. The van der Waals surface area contributed by atoms with Gasteiger partial charge in [-0.15, -0.1) is 11.3 Å². The van der Waals surface area contributed by atoms with Crippen molar-refractivity contribution in [2.45, 2.75) is 0 Å². The first-order chi connectivity index (χ1) is 26.3. The van der Waals surface area contributed by atoms with Gasteiger partial charge in [-0.1, -0.05) is 121 Å². The second-order valence-corrected chi connectivity index (χ2v) is 15.0. The van der Waals surface area contributed by atoms with E-state index in [0.717, 1.165) is 55.6 Å². The fourth-order valence-corrected chi connectivity index (χ4v) is 10.2. The SMILES string of the molecule is c1ccc(N(c2ccccc2)c2cc3sc4c5c6c(cc4c3c3ccccc23)Oc2ccc3ccccc3c2B6c2c(ccc3ccccc23)O5)cc1. The summed E-state index contributed by atoms with van der Waals surface area (Å²) in [5.41, 5.74) is 6.88. The van der Waals surface area contributed by atoms with Crippen LogP contribution in [0.25, 0.3) is 52.5 Å². The Balaban J connectivity index is 1.19. The maximum Gasteiger partial charge on any atom is 0.262 e. The summed E-state index contributed by atoms with van der Waals surface area (Å²) in [6, 6.07) is 60.8. The van der Waals surface area contributed by atoms with E-state index in [-0.39, 0.29) is 6.71 Å². The second-order valence-electron chi connectivity index (χ2n) is 14.0. The van der Waals surface area contributed by atoms with Gasteiger partial charge in [-0.2, -0.15) is 0 Å². The van der Waals surface area contributed by atoms with Crippen molar-refractivity contribution >= 4 is 104 Å². The molecule has 9 aromatic carbocycles. The van der Waals surface area contributed by atoms with Gasteiger partial charge in [0.2, 0.25) is 0 Å². The number of fused-ring (bicyclic) bond motifs is 14. The van der Waals surface area contributed by atoms with Crippen LogP contribution in [0.3, 0.4) is 0 Å². The maximum atomic E-state index is 7.15. The first-order valence-electron chi connectivity index (χ1n) is 18.0. The molecule has 3 nitrogen and oxygen atoms in total. The second kappa shape index (κ2) is 11.0. The first kappa shape index (κ1) is 29.1. The Bertz CT molecular complexity index is 3050. The van der Waals surface area contributed by atoms with Crippen LogP contribution in [0.5, 0.6) is 23.0 Å². The number of para-hydroxylation sites is 2. The molecule has 0 saturated carbocycles. The van der Waals surface area contributed by atoms with Gasteiger partial charge in [0.05, 0.1) is 10.4 Å². The highest BCUT2D eigenvalue weighted by atomic mass is 32.1. The quantitative estimate of drug-likeness (QED) is 0.172. The molecular weight excluding hydrogens is 665 g/mol.